The van der Waals surface area contributed by atoms with Crippen molar-refractivity contribution in [3.63, 3.8) is 0 Å². The third-order valence-corrected chi connectivity index (χ3v) is 4.59. The van der Waals surface area contributed by atoms with Crippen LogP contribution in [0.2, 0.25) is 0 Å². The largest absolute Gasteiger partial charge is 0.490 e. The van der Waals surface area contributed by atoms with E-state index < -0.39 is 0 Å². The van der Waals surface area contributed by atoms with Gasteiger partial charge >= 0.3 is 0 Å². The quantitative estimate of drug-likeness (QED) is 0.791. The molecular formula is C18H30N2O. The second-order valence-electron chi connectivity index (χ2n) is 6.44. The highest BCUT2D eigenvalue weighted by Crippen LogP contribution is 2.33. The van der Waals surface area contributed by atoms with Gasteiger partial charge in [0.05, 0.1) is 12.1 Å². The summed E-state index contributed by atoms with van der Waals surface area (Å²) in [6.45, 7) is 11.2. The molecule has 1 atom stereocenters. The molecule has 1 aliphatic rings. The van der Waals surface area contributed by atoms with Crippen LogP contribution in [0.15, 0.2) is 24.3 Å². The van der Waals surface area contributed by atoms with Gasteiger partial charge in [-0.1, -0.05) is 26.0 Å². The van der Waals surface area contributed by atoms with E-state index in [2.05, 4.69) is 62.2 Å². The molecule has 0 amide bonds. The van der Waals surface area contributed by atoms with E-state index >= 15 is 0 Å². The van der Waals surface area contributed by atoms with Crippen LogP contribution in [0.25, 0.3) is 0 Å². The Kier molecular flexibility index (Phi) is 5.28. The monoisotopic (exact) mass is 290 g/mol. The van der Waals surface area contributed by atoms with Crippen molar-refractivity contribution in [1.82, 2.24) is 10.2 Å². The Morgan fingerprint density at radius 3 is 2.48 bits per heavy atom. The SMILES string of the molecule is CCN(CC)C(C)(C)C(NC)c1cccc(OC2CC2)c1. The normalized spacial score (nSPS) is 17.0. The zero-order valence-corrected chi connectivity index (χ0v) is 14.1. The van der Waals surface area contributed by atoms with Crippen LogP contribution in [-0.2, 0) is 0 Å². The van der Waals surface area contributed by atoms with E-state index in [1.165, 1.54) is 18.4 Å². The van der Waals surface area contributed by atoms with Gasteiger partial charge in [-0.2, -0.15) is 0 Å². The van der Waals surface area contributed by atoms with E-state index in [-0.39, 0.29) is 11.6 Å². The van der Waals surface area contributed by atoms with Gasteiger partial charge in [0.15, 0.2) is 0 Å². The van der Waals surface area contributed by atoms with Crippen LogP contribution in [-0.4, -0.2) is 36.7 Å². The van der Waals surface area contributed by atoms with Gasteiger partial charge in [0.25, 0.3) is 0 Å². The number of nitrogens with zero attached hydrogens (tertiary/aromatic N) is 1. The van der Waals surface area contributed by atoms with Crippen molar-refractivity contribution in [1.29, 1.82) is 0 Å². The van der Waals surface area contributed by atoms with Gasteiger partial charge in [0.1, 0.15) is 5.75 Å². The van der Waals surface area contributed by atoms with Crippen LogP contribution >= 0.6 is 0 Å². The van der Waals surface area contributed by atoms with Crippen molar-refractivity contribution in [3.8, 4) is 5.75 Å². The molecule has 1 aromatic carbocycles. The summed E-state index contributed by atoms with van der Waals surface area (Å²) in [5.41, 5.74) is 1.35. The summed E-state index contributed by atoms with van der Waals surface area (Å²) in [6, 6.07) is 8.85. The Labute approximate surface area is 129 Å². The fourth-order valence-electron chi connectivity index (χ4n) is 3.29. The fourth-order valence-corrected chi connectivity index (χ4v) is 3.29. The van der Waals surface area contributed by atoms with Crippen LogP contribution in [0.3, 0.4) is 0 Å². The molecule has 1 saturated carbocycles. The van der Waals surface area contributed by atoms with Crippen LogP contribution in [0.4, 0.5) is 0 Å². The molecule has 21 heavy (non-hydrogen) atoms. The van der Waals surface area contributed by atoms with Gasteiger partial charge in [0, 0.05) is 5.54 Å². The van der Waals surface area contributed by atoms with Crippen LogP contribution in [0.1, 0.15) is 52.1 Å². The summed E-state index contributed by atoms with van der Waals surface area (Å²) >= 11 is 0. The molecule has 3 nitrogen and oxygen atoms in total. The minimum atomic E-state index is 0.0520. The molecule has 0 spiro atoms. The second kappa shape index (κ2) is 6.80. The highest BCUT2D eigenvalue weighted by atomic mass is 16.5. The van der Waals surface area contributed by atoms with E-state index in [0.29, 0.717) is 6.10 Å². The maximum absolute atomic E-state index is 5.95. The summed E-state index contributed by atoms with van der Waals surface area (Å²) in [5, 5.41) is 3.51. The molecule has 1 fully saturated rings. The lowest BCUT2D eigenvalue weighted by Gasteiger charge is -2.43. The van der Waals surface area contributed by atoms with E-state index in [9.17, 15) is 0 Å². The first-order valence-electron chi connectivity index (χ1n) is 8.21. The molecule has 0 saturated heterocycles. The van der Waals surface area contributed by atoms with E-state index in [0.717, 1.165) is 18.8 Å². The molecule has 2 rings (SSSR count). The maximum Gasteiger partial charge on any atom is 0.120 e. The molecule has 1 N–H and O–H groups in total. The van der Waals surface area contributed by atoms with Gasteiger partial charge in [-0.05, 0) is 64.5 Å². The van der Waals surface area contributed by atoms with Gasteiger partial charge in [-0.25, -0.2) is 0 Å². The van der Waals surface area contributed by atoms with Crippen molar-refractivity contribution >= 4 is 0 Å². The predicted octanol–water partition coefficient (Wildman–Crippen LogP) is 3.61. The van der Waals surface area contributed by atoms with Gasteiger partial charge in [-0.3, -0.25) is 4.90 Å². The number of hydrogen-bond donors (Lipinski definition) is 1. The number of nitrogens with one attached hydrogen (secondary N) is 1. The molecule has 118 valence electrons. The molecule has 0 radical (unpaired) electrons. The van der Waals surface area contributed by atoms with Crippen LogP contribution < -0.4 is 10.1 Å². The number of hydrogen-bond acceptors (Lipinski definition) is 3. The molecule has 1 aromatic rings. The first-order valence-corrected chi connectivity index (χ1v) is 8.21. The minimum absolute atomic E-state index is 0.0520. The minimum Gasteiger partial charge on any atom is -0.490 e. The molecule has 1 unspecified atom stereocenters. The molecule has 0 bridgehead atoms. The average Bonchev–Trinajstić information content (AvgIpc) is 3.24. The Morgan fingerprint density at radius 2 is 1.95 bits per heavy atom. The summed E-state index contributed by atoms with van der Waals surface area (Å²) in [7, 11) is 2.05. The van der Waals surface area contributed by atoms with E-state index in [1.54, 1.807) is 0 Å². The third-order valence-electron chi connectivity index (χ3n) is 4.59. The lowest BCUT2D eigenvalue weighted by Crippen LogP contribution is -2.51. The first-order chi connectivity index (χ1) is 10.0. The van der Waals surface area contributed by atoms with Crippen molar-refractivity contribution in [2.45, 2.75) is 58.2 Å². The summed E-state index contributed by atoms with van der Waals surface area (Å²) in [4.78, 5) is 2.50. The van der Waals surface area contributed by atoms with Crippen molar-refractivity contribution in [2.75, 3.05) is 20.1 Å². The molecule has 1 aliphatic carbocycles. The van der Waals surface area contributed by atoms with Crippen LogP contribution in [0.5, 0.6) is 5.75 Å². The van der Waals surface area contributed by atoms with Crippen molar-refractivity contribution in [2.24, 2.45) is 0 Å². The molecule has 0 aromatic heterocycles. The Balaban J connectivity index is 2.22. The smallest absolute Gasteiger partial charge is 0.120 e. The van der Waals surface area contributed by atoms with Crippen molar-refractivity contribution < 1.29 is 4.74 Å². The molecular weight excluding hydrogens is 260 g/mol. The van der Waals surface area contributed by atoms with Gasteiger partial charge in [0.2, 0.25) is 0 Å². The Morgan fingerprint density at radius 1 is 1.29 bits per heavy atom. The van der Waals surface area contributed by atoms with Crippen molar-refractivity contribution in [3.05, 3.63) is 29.8 Å². The summed E-state index contributed by atoms with van der Waals surface area (Å²) < 4.78 is 5.95. The Bertz CT molecular complexity index is 450. The summed E-state index contributed by atoms with van der Waals surface area (Å²) in [5.74, 6) is 1.01. The number of benzene rings is 1. The second-order valence-corrected chi connectivity index (χ2v) is 6.44. The average molecular weight is 290 g/mol. The lowest BCUT2D eigenvalue weighted by atomic mass is 9.86. The number of rotatable bonds is 8. The number of ether oxygens (including phenoxy) is 1. The van der Waals surface area contributed by atoms with E-state index in [4.69, 9.17) is 4.74 Å². The standard InChI is InChI=1S/C18H30N2O/c1-6-20(7-2)18(3,4)17(19-5)14-9-8-10-16(13-14)21-15-11-12-15/h8-10,13,15,17,19H,6-7,11-12H2,1-5H3. The lowest BCUT2D eigenvalue weighted by molar-refractivity contribution is 0.0943. The highest BCUT2D eigenvalue weighted by Gasteiger charge is 2.34. The first kappa shape index (κ1) is 16.3. The topological polar surface area (TPSA) is 24.5 Å². The predicted molar refractivity (Wildman–Crippen MR) is 88.9 cm³/mol. The fraction of sp³-hybridized carbons (Fsp3) is 0.667. The highest BCUT2D eigenvalue weighted by molar-refractivity contribution is 5.32. The Hall–Kier alpha value is -1.06. The third kappa shape index (κ3) is 3.78. The van der Waals surface area contributed by atoms with Gasteiger partial charge in [-0.15, -0.1) is 0 Å². The molecule has 3 heteroatoms. The molecule has 0 heterocycles. The van der Waals surface area contributed by atoms with Gasteiger partial charge < -0.3 is 10.1 Å². The zero-order chi connectivity index (χ0) is 15.5. The van der Waals surface area contributed by atoms with Crippen LogP contribution in [0, 0.1) is 0 Å². The van der Waals surface area contributed by atoms with E-state index in [1.807, 2.05) is 7.05 Å². The number of likely N-dealkylation sites (N-methyl/N-ethyl adjacent to an activating group) is 2. The zero-order valence-electron chi connectivity index (χ0n) is 14.1. The maximum atomic E-state index is 5.95. The summed E-state index contributed by atoms with van der Waals surface area (Å²) in [6.07, 6.45) is 2.85. The molecule has 0 aliphatic heterocycles.